The molecule has 0 aliphatic heterocycles. The molecule has 2 unspecified atom stereocenters. The van der Waals surface area contributed by atoms with E-state index in [9.17, 15) is 0 Å². The van der Waals surface area contributed by atoms with E-state index in [1.165, 1.54) is 28.5 Å². The molecule has 0 aliphatic rings. The molecular formula is C22H26N2. The van der Waals surface area contributed by atoms with Crippen LogP contribution in [0, 0.1) is 5.92 Å². The minimum atomic E-state index is 0.484. The molecule has 0 amide bonds. The van der Waals surface area contributed by atoms with E-state index in [0.29, 0.717) is 11.8 Å². The molecule has 24 heavy (non-hydrogen) atoms. The smallest absolute Gasteiger partial charge is 0.0650 e. The molecule has 0 saturated carbocycles. The largest absolute Gasteiger partial charge is 0.278 e. The molecule has 0 radical (unpaired) electrons. The Morgan fingerprint density at radius 3 is 2.83 bits per heavy atom. The Kier molecular flexibility index (Phi) is 5.14. The summed E-state index contributed by atoms with van der Waals surface area (Å²) in [7, 11) is 0. The van der Waals surface area contributed by atoms with Crippen LogP contribution in [0.15, 0.2) is 54.7 Å². The highest BCUT2D eigenvalue weighted by molar-refractivity contribution is 5.78. The lowest BCUT2D eigenvalue weighted by Crippen LogP contribution is -1.98. The van der Waals surface area contributed by atoms with Gasteiger partial charge in [0, 0.05) is 5.39 Å². The monoisotopic (exact) mass is 318 g/mol. The van der Waals surface area contributed by atoms with Crippen molar-refractivity contribution in [2.45, 2.75) is 39.5 Å². The van der Waals surface area contributed by atoms with Crippen molar-refractivity contribution in [1.29, 1.82) is 0 Å². The van der Waals surface area contributed by atoms with Crippen LogP contribution in [0.2, 0.25) is 0 Å². The fourth-order valence-corrected chi connectivity index (χ4v) is 2.97. The molecule has 0 aliphatic carbocycles. The Morgan fingerprint density at radius 2 is 2.00 bits per heavy atom. The second-order valence-electron chi connectivity index (χ2n) is 6.81. The molecule has 0 fully saturated rings. The number of fused-ring (bicyclic) bond motifs is 1. The van der Waals surface area contributed by atoms with Crippen LogP contribution in [-0.2, 0) is 6.42 Å². The lowest BCUT2D eigenvalue weighted by Gasteiger charge is -2.13. The van der Waals surface area contributed by atoms with Gasteiger partial charge in [0.15, 0.2) is 0 Å². The number of aromatic amines is 1. The summed E-state index contributed by atoms with van der Waals surface area (Å²) in [4.78, 5) is 0. The SMILES string of the molecule is CCC(C)/C=C/c1cccc(CC(C)c2ccc3[nH]ncc3c2)c1. The number of aromatic nitrogens is 2. The number of H-pyrrole nitrogens is 1. The van der Waals surface area contributed by atoms with Crippen molar-refractivity contribution < 1.29 is 0 Å². The second-order valence-corrected chi connectivity index (χ2v) is 6.81. The minimum absolute atomic E-state index is 0.484. The van der Waals surface area contributed by atoms with Gasteiger partial charge in [-0.05, 0) is 47.1 Å². The number of hydrogen-bond acceptors (Lipinski definition) is 1. The van der Waals surface area contributed by atoms with E-state index in [0.717, 1.165) is 11.9 Å². The van der Waals surface area contributed by atoms with Crippen molar-refractivity contribution in [3.05, 3.63) is 71.4 Å². The Balaban J connectivity index is 1.73. The van der Waals surface area contributed by atoms with Crippen LogP contribution in [-0.4, -0.2) is 10.2 Å². The van der Waals surface area contributed by atoms with Gasteiger partial charge >= 0.3 is 0 Å². The van der Waals surface area contributed by atoms with Crippen LogP contribution in [0.5, 0.6) is 0 Å². The Hall–Kier alpha value is -2.35. The maximum atomic E-state index is 4.11. The lowest BCUT2D eigenvalue weighted by atomic mass is 9.92. The minimum Gasteiger partial charge on any atom is -0.278 e. The molecule has 0 bridgehead atoms. The van der Waals surface area contributed by atoms with Crippen molar-refractivity contribution in [1.82, 2.24) is 10.2 Å². The first kappa shape index (κ1) is 16.5. The molecule has 3 rings (SSSR count). The molecule has 1 aromatic heterocycles. The Labute approximate surface area is 144 Å². The molecule has 2 nitrogen and oxygen atoms in total. The standard InChI is InChI=1S/C22H26N2/c1-4-16(2)8-9-18-6-5-7-19(13-18)12-17(3)20-10-11-22-21(14-20)15-23-24-22/h5-11,13-17H,4,12H2,1-3H3,(H,23,24)/b9-8+. The van der Waals surface area contributed by atoms with Gasteiger partial charge in [-0.15, -0.1) is 0 Å². The third kappa shape index (κ3) is 3.94. The molecule has 0 saturated heterocycles. The Bertz CT molecular complexity index is 829. The molecule has 2 heteroatoms. The van der Waals surface area contributed by atoms with E-state index < -0.39 is 0 Å². The Morgan fingerprint density at radius 1 is 1.12 bits per heavy atom. The van der Waals surface area contributed by atoms with Crippen molar-refractivity contribution >= 4 is 17.0 Å². The normalized spacial score (nSPS) is 14.3. The van der Waals surface area contributed by atoms with Gasteiger partial charge in [-0.25, -0.2) is 0 Å². The number of nitrogens with one attached hydrogen (secondary N) is 1. The lowest BCUT2D eigenvalue weighted by molar-refractivity contribution is 0.701. The van der Waals surface area contributed by atoms with Crippen molar-refractivity contribution in [3.8, 4) is 0 Å². The summed E-state index contributed by atoms with van der Waals surface area (Å²) in [5.41, 5.74) is 5.15. The van der Waals surface area contributed by atoms with Gasteiger partial charge < -0.3 is 0 Å². The van der Waals surface area contributed by atoms with Gasteiger partial charge in [-0.1, -0.05) is 69.7 Å². The molecule has 1 N–H and O–H groups in total. The zero-order valence-electron chi connectivity index (χ0n) is 14.8. The first-order valence-electron chi connectivity index (χ1n) is 8.86. The van der Waals surface area contributed by atoms with Gasteiger partial charge in [0.1, 0.15) is 0 Å². The predicted octanol–water partition coefficient (Wildman–Crippen LogP) is 5.97. The van der Waals surface area contributed by atoms with Gasteiger partial charge in [-0.2, -0.15) is 5.10 Å². The van der Waals surface area contributed by atoms with Crippen LogP contribution in [0.1, 0.15) is 49.8 Å². The topological polar surface area (TPSA) is 28.7 Å². The van der Waals surface area contributed by atoms with Crippen LogP contribution >= 0.6 is 0 Å². The summed E-state index contributed by atoms with van der Waals surface area (Å²) in [5.74, 6) is 1.12. The number of hydrogen-bond donors (Lipinski definition) is 1. The summed E-state index contributed by atoms with van der Waals surface area (Å²) >= 11 is 0. The van der Waals surface area contributed by atoms with E-state index in [1.807, 2.05) is 6.20 Å². The fraction of sp³-hybridized carbons (Fsp3) is 0.318. The van der Waals surface area contributed by atoms with Crippen LogP contribution in [0.3, 0.4) is 0 Å². The summed E-state index contributed by atoms with van der Waals surface area (Å²) in [6, 6.07) is 15.5. The summed E-state index contributed by atoms with van der Waals surface area (Å²) < 4.78 is 0. The van der Waals surface area contributed by atoms with Crippen molar-refractivity contribution in [2.24, 2.45) is 5.92 Å². The number of nitrogens with zero attached hydrogens (tertiary/aromatic N) is 1. The van der Waals surface area contributed by atoms with E-state index >= 15 is 0 Å². The fourth-order valence-electron chi connectivity index (χ4n) is 2.97. The highest BCUT2D eigenvalue weighted by Crippen LogP contribution is 2.24. The van der Waals surface area contributed by atoms with Crippen LogP contribution in [0.25, 0.3) is 17.0 Å². The van der Waals surface area contributed by atoms with Gasteiger partial charge in [-0.3, -0.25) is 5.10 Å². The van der Waals surface area contributed by atoms with Crippen molar-refractivity contribution in [2.75, 3.05) is 0 Å². The summed E-state index contributed by atoms with van der Waals surface area (Å²) in [6.45, 7) is 6.78. The predicted molar refractivity (Wildman–Crippen MR) is 103 cm³/mol. The first-order chi connectivity index (χ1) is 11.7. The maximum Gasteiger partial charge on any atom is 0.0650 e. The number of benzene rings is 2. The first-order valence-corrected chi connectivity index (χ1v) is 8.86. The third-order valence-electron chi connectivity index (χ3n) is 4.79. The average Bonchev–Trinajstić information content (AvgIpc) is 3.07. The van der Waals surface area contributed by atoms with E-state index in [1.54, 1.807) is 0 Å². The van der Waals surface area contributed by atoms with Gasteiger partial charge in [0.2, 0.25) is 0 Å². The van der Waals surface area contributed by atoms with Gasteiger partial charge in [0.25, 0.3) is 0 Å². The average molecular weight is 318 g/mol. The molecule has 2 atom stereocenters. The van der Waals surface area contributed by atoms with Gasteiger partial charge in [0.05, 0.1) is 11.7 Å². The summed E-state index contributed by atoms with van der Waals surface area (Å²) in [6.07, 6.45) is 8.68. The van der Waals surface area contributed by atoms with Crippen molar-refractivity contribution in [3.63, 3.8) is 0 Å². The van der Waals surface area contributed by atoms with E-state index in [-0.39, 0.29) is 0 Å². The highest BCUT2D eigenvalue weighted by atomic mass is 15.1. The molecule has 1 heterocycles. The highest BCUT2D eigenvalue weighted by Gasteiger charge is 2.08. The molecular weight excluding hydrogens is 292 g/mol. The van der Waals surface area contributed by atoms with E-state index in [2.05, 4.69) is 85.6 Å². The van der Waals surface area contributed by atoms with E-state index in [4.69, 9.17) is 0 Å². The molecule has 2 aromatic carbocycles. The van der Waals surface area contributed by atoms with Crippen LogP contribution in [0.4, 0.5) is 0 Å². The number of allylic oxidation sites excluding steroid dienone is 1. The summed E-state index contributed by atoms with van der Waals surface area (Å²) in [5, 5.41) is 8.30. The maximum absolute atomic E-state index is 4.11. The molecule has 0 spiro atoms. The zero-order valence-corrected chi connectivity index (χ0v) is 14.8. The zero-order chi connectivity index (χ0) is 16.9. The quantitative estimate of drug-likeness (QED) is 0.596. The van der Waals surface area contributed by atoms with Crippen LogP contribution < -0.4 is 0 Å². The second kappa shape index (κ2) is 7.48. The number of rotatable bonds is 6. The third-order valence-corrected chi connectivity index (χ3v) is 4.79. The molecule has 3 aromatic rings. The molecule has 124 valence electrons.